The van der Waals surface area contributed by atoms with Crippen LogP contribution in [0.2, 0.25) is 0 Å². The van der Waals surface area contributed by atoms with Crippen LogP contribution < -0.4 is 4.72 Å². The Morgan fingerprint density at radius 1 is 0.833 bits per heavy atom. The smallest absolute Gasteiger partial charge is 0.275 e. The second-order valence-electron chi connectivity index (χ2n) is 5.44. The Morgan fingerprint density at radius 3 is 1.75 bits per heavy atom. The zero-order valence-electron chi connectivity index (χ0n) is 13.7. The molecule has 0 fully saturated rings. The Hall–Kier alpha value is -2.61. The highest BCUT2D eigenvalue weighted by Gasteiger charge is 2.22. The first kappa shape index (κ1) is 17.7. The monoisotopic (exact) mass is 347 g/mol. The lowest BCUT2D eigenvalue weighted by molar-refractivity contribution is -0.386. The average molecular weight is 347 g/mol. The van der Waals surface area contributed by atoms with E-state index in [0.717, 1.165) is 21.7 Å². The van der Waals surface area contributed by atoms with Gasteiger partial charge in [-0.1, -0.05) is 0 Å². The van der Waals surface area contributed by atoms with Gasteiger partial charge in [0.1, 0.15) is 0 Å². The van der Waals surface area contributed by atoms with Gasteiger partial charge in [0.25, 0.3) is 11.4 Å². The molecule has 0 unspecified atom stereocenters. The van der Waals surface area contributed by atoms with E-state index in [9.17, 15) is 20.2 Å². The average Bonchev–Trinajstić information content (AvgIpc) is 2.53. The van der Waals surface area contributed by atoms with Gasteiger partial charge in [0, 0.05) is 28.2 Å². The third-order valence-electron chi connectivity index (χ3n) is 4.09. The van der Waals surface area contributed by atoms with Gasteiger partial charge in [0.15, 0.2) is 0 Å². The molecule has 0 spiro atoms. The molecule has 7 nitrogen and oxygen atoms in total. The van der Waals surface area contributed by atoms with Crippen molar-refractivity contribution in [3.63, 3.8) is 0 Å². The van der Waals surface area contributed by atoms with E-state index < -0.39 is 4.92 Å². The topological polar surface area (TPSA) is 98.3 Å². The summed E-state index contributed by atoms with van der Waals surface area (Å²) in [6, 6.07) is 6.20. The SMILES string of the molecule is Cc1c(C)c([N+](=O)[O-])c(C)c(C)c1NSc1ccc([N+](=O)[O-])cc1. The molecule has 0 radical (unpaired) electrons. The number of nitrogens with one attached hydrogen (secondary N) is 1. The predicted molar refractivity (Wildman–Crippen MR) is 94.6 cm³/mol. The van der Waals surface area contributed by atoms with Crippen LogP contribution in [0.5, 0.6) is 0 Å². The van der Waals surface area contributed by atoms with Crippen molar-refractivity contribution in [2.24, 2.45) is 0 Å². The summed E-state index contributed by atoms with van der Waals surface area (Å²) in [5, 5.41) is 21.9. The first-order valence-corrected chi connectivity index (χ1v) is 7.97. The summed E-state index contributed by atoms with van der Waals surface area (Å²) in [5.74, 6) is 0. The summed E-state index contributed by atoms with van der Waals surface area (Å²) >= 11 is 1.31. The second-order valence-corrected chi connectivity index (χ2v) is 6.32. The Morgan fingerprint density at radius 2 is 1.33 bits per heavy atom. The van der Waals surface area contributed by atoms with E-state index in [2.05, 4.69) is 4.72 Å². The summed E-state index contributed by atoms with van der Waals surface area (Å²) in [5.41, 5.74) is 3.92. The van der Waals surface area contributed by atoms with E-state index in [-0.39, 0.29) is 16.3 Å². The fraction of sp³-hybridized carbons (Fsp3) is 0.250. The molecule has 24 heavy (non-hydrogen) atoms. The normalized spacial score (nSPS) is 10.5. The van der Waals surface area contributed by atoms with E-state index >= 15 is 0 Å². The fourth-order valence-corrected chi connectivity index (χ4v) is 3.26. The lowest BCUT2D eigenvalue weighted by Gasteiger charge is -2.17. The molecule has 0 heterocycles. The molecule has 126 valence electrons. The maximum Gasteiger partial charge on any atom is 0.275 e. The van der Waals surface area contributed by atoms with E-state index in [1.54, 1.807) is 26.0 Å². The molecule has 2 aromatic rings. The Bertz CT molecular complexity index is 790. The van der Waals surface area contributed by atoms with Crippen LogP contribution in [-0.2, 0) is 0 Å². The van der Waals surface area contributed by atoms with E-state index in [0.29, 0.717) is 11.1 Å². The first-order valence-electron chi connectivity index (χ1n) is 7.16. The van der Waals surface area contributed by atoms with Crippen LogP contribution in [0.4, 0.5) is 17.1 Å². The van der Waals surface area contributed by atoms with Crippen molar-refractivity contribution in [2.45, 2.75) is 32.6 Å². The summed E-state index contributed by atoms with van der Waals surface area (Å²) < 4.78 is 3.22. The molecule has 0 aromatic heterocycles. The maximum absolute atomic E-state index is 11.2. The first-order chi connectivity index (χ1) is 11.2. The van der Waals surface area contributed by atoms with Crippen molar-refractivity contribution in [2.75, 3.05) is 4.72 Å². The molecule has 0 aliphatic heterocycles. The summed E-state index contributed by atoms with van der Waals surface area (Å²) in [6.07, 6.45) is 0. The zero-order chi connectivity index (χ0) is 18.0. The van der Waals surface area contributed by atoms with Gasteiger partial charge in [-0.25, -0.2) is 0 Å². The minimum Gasteiger partial charge on any atom is -0.325 e. The van der Waals surface area contributed by atoms with E-state index in [1.165, 1.54) is 24.1 Å². The Labute approximate surface area is 143 Å². The van der Waals surface area contributed by atoms with Gasteiger partial charge in [-0.05, 0) is 62.9 Å². The third kappa shape index (κ3) is 3.33. The summed E-state index contributed by atoms with van der Waals surface area (Å²) in [4.78, 5) is 21.9. The molecule has 8 heteroatoms. The van der Waals surface area contributed by atoms with Gasteiger partial charge in [-0.15, -0.1) is 0 Å². The molecular formula is C16H17N3O4S. The minimum atomic E-state index is -0.445. The van der Waals surface area contributed by atoms with Crippen LogP contribution in [0, 0.1) is 47.9 Å². The van der Waals surface area contributed by atoms with Crippen LogP contribution in [0.3, 0.4) is 0 Å². The van der Waals surface area contributed by atoms with Crippen molar-refractivity contribution in [1.29, 1.82) is 0 Å². The molecule has 0 saturated heterocycles. The molecule has 0 atom stereocenters. The lowest BCUT2D eigenvalue weighted by atomic mass is 9.96. The standard InChI is InChI=1S/C16H17N3O4S/c1-9-11(3)16(19(22)23)12(4)10(2)15(9)17-24-14-7-5-13(6-8-14)18(20)21/h5-8,17H,1-4H3. The maximum atomic E-state index is 11.2. The van der Waals surface area contributed by atoms with Crippen molar-refractivity contribution >= 4 is 29.0 Å². The molecule has 0 aliphatic carbocycles. The number of anilines is 1. The minimum absolute atomic E-state index is 0.0359. The van der Waals surface area contributed by atoms with Crippen LogP contribution in [0.1, 0.15) is 22.3 Å². The second kappa shape index (κ2) is 6.88. The number of non-ortho nitro benzene ring substituents is 1. The Kier molecular flexibility index (Phi) is 5.08. The van der Waals surface area contributed by atoms with Crippen LogP contribution in [-0.4, -0.2) is 9.85 Å². The van der Waals surface area contributed by atoms with E-state index in [4.69, 9.17) is 0 Å². The Balaban J connectivity index is 2.30. The number of hydrogen-bond acceptors (Lipinski definition) is 6. The van der Waals surface area contributed by atoms with Gasteiger partial charge >= 0.3 is 0 Å². The van der Waals surface area contributed by atoms with Crippen molar-refractivity contribution in [3.05, 3.63) is 66.7 Å². The molecule has 0 aliphatic rings. The largest absolute Gasteiger partial charge is 0.325 e. The molecular weight excluding hydrogens is 330 g/mol. The van der Waals surface area contributed by atoms with Crippen molar-refractivity contribution < 1.29 is 9.85 Å². The fourth-order valence-electron chi connectivity index (χ4n) is 2.47. The van der Waals surface area contributed by atoms with Gasteiger partial charge in [0.2, 0.25) is 0 Å². The molecule has 2 aromatic carbocycles. The zero-order valence-corrected chi connectivity index (χ0v) is 14.6. The molecule has 0 saturated carbocycles. The van der Waals surface area contributed by atoms with Gasteiger partial charge < -0.3 is 4.72 Å². The molecule has 0 amide bonds. The number of hydrogen-bond donors (Lipinski definition) is 1. The molecule has 1 N–H and O–H groups in total. The van der Waals surface area contributed by atoms with Gasteiger partial charge in [0.05, 0.1) is 15.5 Å². The van der Waals surface area contributed by atoms with Gasteiger partial charge in [-0.2, -0.15) is 0 Å². The van der Waals surface area contributed by atoms with Crippen molar-refractivity contribution in [1.82, 2.24) is 0 Å². The summed E-state index contributed by atoms with van der Waals surface area (Å²) in [7, 11) is 0. The van der Waals surface area contributed by atoms with Gasteiger partial charge in [-0.3, -0.25) is 20.2 Å². The highest BCUT2D eigenvalue weighted by Crippen LogP contribution is 2.37. The number of rotatable bonds is 5. The van der Waals surface area contributed by atoms with Crippen LogP contribution in [0.25, 0.3) is 0 Å². The highest BCUT2D eigenvalue weighted by atomic mass is 32.2. The van der Waals surface area contributed by atoms with Crippen LogP contribution in [0.15, 0.2) is 29.2 Å². The third-order valence-corrected chi connectivity index (χ3v) is 4.90. The summed E-state index contributed by atoms with van der Waals surface area (Å²) in [6.45, 7) is 7.16. The van der Waals surface area contributed by atoms with Crippen molar-refractivity contribution in [3.8, 4) is 0 Å². The van der Waals surface area contributed by atoms with E-state index in [1.807, 2.05) is 13.8 Å². The number of nitro groups is 2. The number of nitro benzene ring substituents is 2. The number of nitrogens with zero attached hydrogens (tertiary/aromatic N) is 2. The quantitative estimate of drug-likeness (QED) is 0.471. The lowest BCUT2D eigenvalue weighted by Crippen LogP contribution is -2.04. The number of benzene rings is 2. The molecule has 2 rings (SSSR count). The highest BCUT2D eigenvalue weighted by molar-refractivity contribution is 8.00. The van der Waals surface area contributed by atoms with Crippen LogP contribution >= 0.6 is 11.9 Å². The molecule has 0 bridgehead atoms. The predicted octanol–water partition coefficient (Wildman–Crippen LogP) is 4.86.